The Morgan fingerprint density at radius 1 is 0.636 bits per heavy atom. The number of nitrogens with zero attached hydrogens (tertiary/aromatic N) is 3. The number of aromatic nitrogens is 3. The topological polar surface area (TPSA) is 149 Å². The van der Waals surface area contributed by atoms with Gasteiger partial charge in [0.2, 0.25) is 0 Å². The summed E-state index contributed by atoms with van der Waals surface area (Å²) in [5, 5.41) is 9.42. The van der Waals surface area contributed by atoms with Gasteiger partial charge in [0, 0.05) is 17.0 Å². The lowest BCUT2D eigenvalue weighted by atomic mass is 10.0. The van der Waals surface area contributed by atoms with E-state index >= 15 is 0 Å². The molecule has 1 fully saturated rings. The highest BCUT2D eigenvalue weighted by Gasteiger charge is 2.52. The third kappa shape index (κ3) is 7.52. The van der Waals surface area contributed by atoms with E-state index in [4.69, 9.17) is 23.4 Å². The van der Waals surface area contributed by atoms with Crippen LogP contribution in [-0.2, 0) is 18.9 Å². The summed E-state index contributed by atoms with van der Waals surface area (Å²) in [5.74, 6) is -2.04. The molecule has 272 valence electrons. The molecule has 0 saturated carbocycles. The maximum Gasteiger partial charge on any atom is 0.338 e. The van der Waals surface area contributed by atoms with Crippen molar-refractivity contribution >= 4 is 28.9 Å². The van der Waals surface area contributed by atoms with Gasteiger partial charge in [0.05, 0.1) is 22.9 Å². The Balaban J connectivity index is 1.14. The van der Waals surface area contributed by atoms with Gasteiger partial charge in [-0.2, -0.15) is 0 Å². The van der Waals surface area contributed by atoms with Crippen LogP contribution in [0.25, 0.3) is 33.4 Å². The first kappa shape index (κ1) is 34.9. The van der Waals surface area contributed by atoms with Crippen LogP contribution in [0.4, 0.5) is 0 Å². The first-order chi connectivity index (χ1) is 26.9. The normalized spacial score (nSPS) is 17.7. The molecule has 1 saturated heterocycles. The van der Waals surface area contributed by atoms with Crippen molar-refractivity contribution in [3.63, 3.8) is 0 Å². The van der Waals surface area contributed by atoms with Gasteiger partial charge in [-0.1, -0.05) is 96.2 Å². The van der Waals surface area contributed by atoms with Crippen molar-refractivity contribution < 1.29 is 37.7 Å². The molecule has 1 aliphatic rings. The van der Waals surface area contributed by atoms with E-state index < -0.39 is 48.1 Å². The molecule has 0 spiro atoms. The Hall–Kier alpha value is -7.18. The Bertz CT molecular complexity index is 2520. The third-order valence-corrected chi connectivity index (χ3v) is 9.08. The Morgan fingerprint density at radius 3 is 1.82 bits per heavy atom. The monoisotopic (exact) mass is 733 g/mol. The summed E-state index contributed by atoms with van der Waals surface area (Å²) < 4.78 is 31.1. The standard InChI is InChI=1S/C43H31N3O9/c47-37-24-33(27-13-5-1-6-14-27)32-22-21-31(23-35(32)52-37)34-25-46(45-44-34)40-39(55-43(50)30-19-11-4-12-20-30)38(54-42(49)29-17-9-3-10-18-29)36(53-40)26-51-41(48)28-15-7-2-8-16-28/h1-25,36,38-40H,26H2/t36-,38-,39-,40-/m1/s1. The lowest BCUT2D eigenvalue weighted by molar-refractivity contribution is -0.0678. The zero-order chi connectivity index (χ0) is 37.7. The number of carbonyl (C=O) groups is 3. The molecule has 0 radical (unpaired) electrons. The lowest BCUT2D eigenvalue weighted by Gasteiger charge is -2.24. The van der Waals surface area contributed by atoms with E-state index in [9.17, 15) is 19.2 Å². The number of hydrogen-bond donors (Lipinski definition) is 0. The minimum absolute atomic E-state index is 0.250. The van der Waals surface area contributed by atoms with Gasteiger partial charge in [0.15, 0.2) is 18.4 Å². The number of fused-ring (bicyclic) bond motifs is 1. The van der Waals surface area contributed by atoms with Crippen LogP contribution < -0.4 is 5.63 Å². The van der Waals surface area contributed by atoms with E-state index in [0.717, 1.165) is 16.5 Å². The van der Waals surface area contributed by atoms with Crippen molar-refractivity contribution in [3.05, 3.63) is 179 Å². The molecule has 55 heavy (non-hydrogen) atoms. The second-order valence-electron chi connectivity index (χ2n) is 12.6. The first-order valence-electron chi connectivity index (χ1n) is 17.4. The van der Waals surface area contributed by atoms with Gasteiger partial charge in [-0.25, -0.2) is 23.9 Å². The highest BCUT2D eigenvalue weighted by molar-refractivity contribution is 5.95. The Morgan fingerprint density at radius 2 is 1.20 bits per heavy atom. The molecule has 0 unspecified atom stereocenters. The van der Waals surface area contributed by atoms with Gasteiger partial charge in [-0.15, -0.1) is 5.10 Å². The SMILES string of the molecule is O=C(OC[C@H]1O[C@@H](n2cc(-c3ccc4c(-c5ccccc5)cc(=O)oc4c3)nn2)[C@H](OC(=O)c2ccccc2)[C@@H]1OC(=O)c1ccccc1)c1ccccc1. The Labute approximate surface area is 313 Å². The van der Waals surface area contributed by atoms with Crippen LogP contribution >= 0.6 is 0 Å². The molecule has 2 aromatic heterocycles. The number of esters is 3. The van der Waals surface area contributed by atoms with Crippen LogP contribution in [0.1, 0.15) is 37.3 Å². The van der Waals surface area contributed by atoms with E-state index in [0.29, 0.717) is 22.4 Å². The minimum atomic E-state index is -1.28. The van der Waals surface area contributed by atoms with E-state index in [-0.39, 0.29) is 17.7 Å². The molecule has 0 aliphatic carbocycles. The summed E-state index contributed by atoms with van der Waals surface area (Å²) in [4.78, 5) is 52.7. The smallest absolute Gasteiger partial charge is 0.338 e. The molecule has 0 amide bonds. The predicted molar refractivity (Wildman–Crippen MR) is 199 cm³/mol. The summed E-state index contributed by atoms with van der Waals surface area (Å²) in [6.45, 7) is -0.356. The fourth-order valence-corrected chi connectivity index (χ4v) is 6.38. The fourth-order valence-electron chi connectivity index (χ4n) is 6.38. The number of hydrogen-bond acceptors (Lipinski definition) is 11. The number of carbonyl (C=O) groups excluding carboxylic acids is 3. The quantitative estimate of drug-likeness (QED) is 0.0819. The van der Waals surface area contributed by atoms with Crippen LogP contribution in [-0.4, -0.2) is 57.8 Å². The van der Waals surface area contributed by atoms with E-state index in [1.807, 2.05) is 42.5 Å². The van der Waals surface area contributed by atoms with Crippen molar-refractivity contribution in [2.45, 2.75) is 24.5 Å². The molecule has 3 heterocycles. The first-order valence-corrected chi connectivity index (χ1v) is 17.4. The fraction of sp³-hybridized carbons (Fsp3) is 0.116. The average molecular weight is 734 g/mol. The number of rotatable bonds is 10. The zero-order valence-corrected chi connectivity index (χ0v) is 29.0. The van der Waals surface area contributed by atoms with E-state index in [1.54, 1.807) is 103 Å². The van der Waals surface area contributed by atoms with Crippen molar-refractivity contribution in [1.29, 1.82) is 0 Å². The average Bonchev–Trinajstić information content (AvgIpc) is 3.85. The molecular weight excluding hydrogens is 702 g/mol. The highest BCUT2D eigenvalue weighted by Crippen LogP contribution is 2.36. The molecule has 12 nitrogen and oxygen atoms in total. The maximum atomic E-state index is 13.6. The molecular formula is C43H31N3O9. The molecule has 7 aromatic rings. The molecule has 1 aliphatic heterocycles. The van der Waals surface area contributed by atoms with Crippen molar-refractivity contribution in [1.82, 2.24) is 15.0 Å². The summed E-state index contributed by atoms with van der Waals surface area (Å²) in [7, 11) is 0. The third-order valence-electron chi connectivity index (χ3n) is 9.08. The van der Waals surface area contributed by atoms with Crippen LogP contribution in [0.3, 0.4) is 0 Å². The van der Waals surface area contributed by atoms with Gasteiger partial charge in [-0.05, 0) is 59.7 Å². The van der Waals surface area contributed by atoms with Crippen LogP contribution in [0, 0.1) is 0 Å². The predicted octanol–water partition coefficient (Wildman–Crippen LogP) is 6.92. The van der Waals surface area contributed by atoms with Crippen LogP contribution in [0.2, 0.25) is 0 Å². The molecule has 12 heteroatoms. The van der Waals surface area contributed by atoms with Gasteiger partial charge in [-0.3, -0.25) is 0 Å². The summed E-state index contributed by atoms with van der Waals surface area (Å²) in [5.41, 5.74) is 3.18. The van der Waals surface area contributed by atoms with Crippen molar-refractivity contribution in [2.75, 3.05) is 6.61 Å². The number of ether oxygens (including phenoxy) is 4. The summed E-state index contributed by atoms with van der Waals surface area (Å²) in [6.07, 6.45) is -3.25. The van der Waals surface area contributed by atoms with Gasteiger partial charge >= 0.3 is 23.5 Å². The van der Waals surface area contributed by atoms with Crippen LogP contribution in [0.15, 0.2) is 161 Å². The molecule has 4 atom stereocenters. The minimum Gasteiger partial charge on any atom is -0.459 e. The van der Waals surface area contributed by atoms with Gasteiger partial charge in [0.25, 0.3) is 0 Å². The highest BCUT2D eigenvalue weighted by atomic mass is 16.7. The largest absolute Gasteiger partial charge is 0.459 e. The van der Waals surface area contributed by atoms with Crippen molar-refractivity contribution in [2.24, 2.45) is 0 Å². The van der Waals surface area contributed by atoms with E-state index in [2.05, 4.69) is 10.3 Å². The van der Waals surface area contributed by atoms with E-state index in [1.165, 1.54) is 10.7 Å². The second-order valence-corrected chi connectivity index (χ2v) is 12.6. The maximum absolute atomic E-state index is 13.6. The van der Waals surface area contributed by atoms with Crippen LogP contribution in [0.5, 0.6) is 0 Å². The number of benzene rings is 5. The zero-order valence-electron chi connectivity index (χ0n) is 29.0. The Kier molecular flexibility index (Phi) is 9.78. The van der Waals surface area contributed by atoms with Crippen molar-refractivity contribution in [3.8, 4) is 22.4 Å². The molecule has 8 rings (SSSR count). The molecule has 0 N–H and O–H groups in total. The summed E-state index contributed by atoms with van der Waals surface area (Å²) >= 11 is 0. The summed E-state index contributed by atoms with van der Waals surface area (Å²) in [6, 6.07) is 41.3. The van der Waals surface area contributed by atoms with Gasteiger partial charge < -0.3 is 23.4 Å². The molecule has 5 aromatic carbocycles. The lowest BCUT2D eigenvalue weighted by Crippen LogP contribution is -2.41. The molecule has 0 bridgehead atoms. The second kappa shape index (κ2) is 15.4. The van der Waals surface area contributed by atoms with Gasteiger partial charge in [0.1, 0.15) is 24.0 Å².